The number of nitrogens with one attached hydrogen (secondary N) is 1. The van der Waals surface area contributed by atoms with Crippen molar-refractivity contribution in [2.45, 2.75) is 100 Å². The number of likely N-dealkylation sites (tertiary alicyclic amines) is 1. The molecule has 1 fully saturated rings. The van der Waals surface area contributed by atoms with Crippen molar-refractivity contribution in [1.29, 1.82) is 0 Å². The molecule has 3 N–H and O–H groups in total. The fourth-order valence-corrected chi connectivity index (χ4v) is 2.38. The van der Waals surface area contributed by atoms with E-state index < -0.39 is 11.8 Å². The highest BCUT2D eigenvalue weighted by Gasteiger charge is 2.12. The first-order chi connectivity index (χ1) is 16.7. The zero-order chi connectivity index (χ0) is 28.7. The number of rotatable bonds is 2. The molecule has 0 unspecified atom stereocenters. The summed E-state index contributed by atoms with van der Waals surface area (Å²) < 4.78 is 4.80. The number of hydrogen-bond acceptors (Lipinski definition) is 6. The Balaban J connectivity index is -0.000000420. The number of esters is 1. The van der Waals surface area contributed by atoms with Gasteiger partial charge in [0.05, 0.1) is 5.02 Å². The Kier molecular flexibility index (Phi) is 23.9. The van der Waals surface area contributed by atoms with Crippen LogP contribution >= 0.6 is 11.6 Å². The maximum absolute atomic E-state index is 10.7. The number of halogens is 1. The number of piperidine rings is 1. The predicted octanol–water partition coefficient (Wildman–Crippen LogP) is 5.36. The lowest BCUT2D eigenvalue weighted by Crippen LogP contribution is -2.33. The van der Waals surface area contributed by atoms with Crippen LogP contribution < -0.4 is 11.1 Å². The van der Waals surface area contributed by atoms with Gasteiger partial charge in [0.15, 0.2) is 0 Å². The molecule has 2 rings (SSSR count). The van der Waals surface area contributed by atoms with Crippen LogP contribution in [0.25, 0.3) is 0 Å². The van der Waals surface area contributed by atoms with Gasteiger partial charge in [0, 0.05) is 33.1 Å². The van der Waals surface area contributed by atoms with Gasteiger partial charge in [-0.1, -0.05) is 52.1 Å². The Morgan fingerprint density at radius 3 is 1.78 bits per heavy atom. The predicted molar refractivity (Wildman–Crippen MR) is 147 cm³/mol. The topological polar surface area (TPSA) is 132 Å². The van der Waals surface area contributed by atoms with Crippen molar-refractivity contribution in [3.8, 4) is 0 Å². The monoisotopic (exact) mass is 530 g/mol. The number of aromatic nitrogens is 1. The minimum absolute atomic E-state index is 0.225. The maximum atomic E-state index is 10.7. The molecule has 10 heteroatoms. The van der Waals surface area contributed by atoms with Crippen LogP contribution in [0.3, 0.4) is 0 Å². The molecule has 208 valence electrons. The first-order valence-electron chi connectivity index (χ1n) is 12.4. The molecule has 0 bridgehead atoms. The molecule has 1 aromatic heterocycles. The van der Waals surface area contributed by atoms with E-state index in [1.807, 2.05) is 39.5 Å². The van der Waals surface area contributed by atoms with Crippen molar-refractivity contribution in [3.05, 3.63) is 23.4 Å². The largest absolute Gasteiger partial charge is 0.460 e. The molecule has 1 aliphatic heterocycles. The number of hydrogen-bond donors (Lipinski definition) is 2. The van der Waals surface area contributed by atoms with Crippen LogP contribution in [0.5, 0.6) is 0 Å². The van der Waals surface area contributed by atoms with Crippen molar-refractivity contribution in [3.63, 3.8) is 0 Å². The average molecular weight is 531 g/mol. The number of ether oxygens (including phenoxy) is 1. The normalized spacial score (nSPS) is 11.8. The van der Waals surface area contributed by atoms with Crippen LogP contribution in [-0.4, -0.2) is 52.3 Å². The summed E-state index contributed by atoms with van der Waals surface area (Å²) in [7, 11) is 0. The lowest BCUT2D eigenvalue weighted by Gasteiger charge is -2.24. The van der Waals surface area contributed by atoms with Crippen LogP contribution in [0, 0.1) is 0 Å². The van der Waals surface area contributed by atoms with Crippen LogP contribution in [-0.2, 0) is 23.9 Å². The SMILES string of the molecule is CC.CC(=O)N1CCCCC1.CC(=O)OC(C)(C)C.CCCC.NC(=O)C(=O)Nc1ccc(Cl)cn1. The molecule has 1 saturated heterocycles. The molecular formula is C26H47ClN4O5. The van der Waals surface area contributed by atoms with E-state index in [1.54, 1.807) is 6.92 Å². The highest BCUT2D eigenvalue weighted by Crippen LogP contribution is 2.09. The van der Waals surface area contributed by atoms with Gasteiger partial charge in [-0.05, 0) is 52.2 Å². The molecule has 3 amide bonds. The van der Waals surface area contributed by atoms with E-state index in [9.17, 15) is 19.2 Å². The van der Waals surface area contributed by atoms with Gasteiger partial charge in [0.1, 0.15) is 11.4 Å². The summed E-state index contributed by atoms with van der Waals surface area (Å²) in [6.45, 7) is 18.9. The quantitative estimate of drug-likeness (QED) is 0.391. The lowest BCUT2D eigenvalue weighted by atomic mass is 10.1. The maximum Gasteiger partial charge on any atom is 0.314 e. The molecule has 0 saturated carbocycles. The summed E-state index contributed by atoms with van der Waals surface area (Å²) in [4.78, 5) is 47.7. The second-order valence-electron chi connectivity index (χ2n) is 8.45. The third kappa shape index (κ3) is 25.9. The van der Waals surface area contributed by atoms with Crippen molar-refractivity contribution in [2.75, 3.05) is 18.4 Å². The number of pyridine rings is 1. The second-order valence-corrected chi connectivity index (χ2v) is 8.89. The van der Waals surface area contributed by atoms with Crippen molar-refractivity contribution in [1.82, 2.24) is 9.88 Å². The minimum Gasteiger partial charge on any atom is -0.460 e. The minimum atomic E-state index is -1.06. The van der Waals surface area contributed by atoms with E-state index in [1.165, 1.54) is 57.4 Å². The molecule has 1 aliphatic rings. The Morgan fingerprint density at radius 1 is 1.03 bits per heavy atom. The number of primary amides is 1. The Morgan fingerprint density at radius 2 is 1.53 bits per heavy atom. The van der Waals surface area contributed by atoms with Gasteiger partial charge in [-0.25, -0.2) is 4.98 Å². The first kappa shape index (κ1) is 37.9. The Bertz CT molecular complexity index is 742. The molecule has 9 nitrogen and oxygen atoms in total. The Hall–Kier alpha value is -2.68. The van der Waals surface area contributed by atoms with E-state index in [4.69, 9.17) is 22.1 Å². The second kappa shape index (κ2) is 22.8. The van der Waals surface area contributed by atoms with Crippen LogP contribution in [0.1, 0.15) is 94.4 Å². The summed E-state index contributed by atoms with van der Waals surface area (Å²) in [5.74, 6) is -1.73. The summed E-state index contributed by atoms with van der Waals surface area (Å²) in [5.41, 5.74) is 4.38. The molecule has 0 atom stereocenters. The highest BCUT2D eigenvalue weighted by molar-refractivity contribution is 6.39. The zero-order valence-electron chi connectivity index (χ0n) is 23.6. The fourth-order valence-electron chi connectivity index (χ4n) is 2.27. The number of unbranched alkanes of at least 4 members (excludes halogenated alkanes) is 1. The average Bonchev–Trinajstić information content (AvgIpc) is 2.81. The molecule has 1 aromatic rings. The lowest BCUT2D eigenvalue weighted by molar-refractivity contribution is -0.151. The molecule has 0 aromatic carbocycles. The van der Waals surface area contributed by atoms with E-state index in [0.29, 0.717) is 5.02 Å². The van der Waals surface area contributed by atoms with Gasteiger partial charge in [0.2, 0.25) is 5.91 Å². The molecular weight excluding hydrogens is 484 g/mol. The number of carbonyl (C=O) groups excluding carboxylic acids is 4. The number of amides is 3. The van der Waals surface area contributed by atoms with Crippen LogP contribution in [0.2, 0.25) is 5.02 Å². The first-order valence-corrected chi connectivity index (χ1v) is 12.8. The van der Waals surface area contributed by atoms with Gasteiger partial charge < -0.3 is 20.7 Å². The summed E-state index contributed by atoms with van der Waals surface area (Å²) in [6.07, 6.45) is 7.67. The van der Waals surface area contributed by atoms with Crippen molar-refractivity contribution >= 4 is 41.1 Å². The molecule has 0 radical (unpaired) electrons. The smallest absolute Gasteiger partial charge is 0.314 e. The Labute approximate surface area is 222 Å². The van der Waals surface area contributed by atoms with E-state index in [-0.39, 0.29) is 23.3 Å². The van der Waals surface area contributed by atoms with Gasteiger partial charge in [-0.15, -0.1) is 0 Å². The van der Waals surface area contributed by atoms with E-state index in [0.717, 1.165) is 13.1 Å². The summed E-state index contributed by atoms with van der Waals surface area (Å²) in [5, 5.41) is 2.63. The third-order valence-corrected chi connectivity index (χ3v) is 4.17. The fraction of sp³-hybridized carbons (Fsp3) is 0.654. The summed E-state index contributed by atoms with van der Waals surface area (Å²) in [6, 6.07) is 2.99. The van der Waals surface area contributed by atoms with Gasteiger partial charge in [0.25, 0.3) is 0 Å². The molecule has 2 heterocycles. The third-order valence-electron chi connectivity index (χ3n) is 3.94. The number of carbonyl (C=O) groups is 4. The van der Waals surface area contributed by atoms with Crippen molar-refractivity contribution < 1.29 is 23.9 Å². The van der Waals surface area contributed by atoms with Crippen molar-refractivity contribution in [2.24, 2.45) is 5.73 Å². The highest BCUT2D eigenvalue weighted by atomic mass is 35.5. The summed E-state index contributed by atoms with van der Waals surface area (Å²) >= 11 is 5.54. The number of nitrogens with zero attached hydrogens (tertiary/aromatic N) is 2. The zero-order valence-corrected chi connectivity index (χ0v) is 24.3. The van der Waals surface area contributed by atoms with E-state index >= 15 is 0 Å². The molecule has 36 heavy (non-hydrogen) atoms. The van der Waals surface area contributed by atoms with Gasteiger partial charge in [-0.3, -0.25) is 19.2 Å². The molecule has 0 aliphatic carbocycles. The van der Waals surface area contributed by atoms with Crippen LogP contribution in [0.4, 0.5) is 5.82 Å². The van der Waals surface area contributed by atoms with Gasteiger partial charge >= 0.3 is 17.8 Å². The van der Waals surface area contributed by atoms with E-state index in [2.05, 4.69) is 24.1 Å². The number of anilines is 1. The van der Waals surface area contributed by atoms with Gasteiger partial charge in [-0.2, -0.15) is 0 Å². The standard InChI is InChI=1S/C7H6ClN3O2.C7H13NO.C6H12O2.C4H10.C2H6/c8-4-1-2-5(10-3-4)11-7(13)6(9)12;1-7(9)8-5-3-2-4-6-8;1-5(7)8-6(2,3)4;1-3-4-2;1-2/h1-3H,(H2,9,12)(H,10,11,13);2-6H2,1H3;1-4H3;3-4H2,1-2H3;1-2H3. The van der Waals surface area contributed by atoms with Crippen LogP contribution in [0.15, 0.2) is 18.3 Å². The molecule has 0 spiro atoms. The number of nitrogens with two attached hydrogens (primary N) is 1.